The molecule has 0 radical (unpaired) electrons. The number of ether oxygens (including phenoxy) is 1. The zero-order chi connectivity index (χ0) is 10.5. The van der Waals surface area contributed by atoms with E-state index in [1.807, 2.05) is 6.07 Å². The molecule has 5 heteroatoms. The van der Waals surface area contributed by atoms with E-state index in [2.05, 4.69) is 15.3 Å². The summed E-state index contributed by atoms with van der Waals surface area (Å²) in [6.45, 7) is 1.54. The first kappa shape index (κ1) is 9.87. The second-order valence-corrected chi connectivity index (χ2v) is 3.47. The van der Waals surface area contributed by atoms with Gasteiger partial charge in [-0.05, 0) is 12.8 Å². The average molecular weight is 204 g/mol. The van der Waals surface area contributed by atoms with Crippen molar-refractivity contribution in [3.05, 3.63) is 18.0 Å². The van der Waals surface area contributed by atoms with E-state index >= 15 is 0 Å². The minimum atomic E-state index is 0.284. The van der Waals surface area contributed by atoms with E-state index < -0.39 is 0 Å². The fourth-order valence-corrected chi connectivity index (χ4v) is 1.50. The van der Waals surface area contributed by atoms with Crippen LogP contribution in [0.1, 0.15) is 18.4 Å². The molecule has 0 spiro atoms. The first-order chi connectivity index (χ1) is 7.38. The van der Waals surface area contributed by atoms with Crippen LogP contribution in [0.5, 0.6) is 0 Å². The Kier molecular flexibility index (Phi) is 3.10. The molecule has 0 bridgehead atoms. The van der Waals surface area contributed by atoms with Gasteiger partial charge in [-0.15, -0.1) is 0 Å². The van der Waals surface area contributed by atoms with E-state index in [4.69, 9.17) is 10.00 Å². The van der Waals surface area contributed by atoms with Crippen molar-refractivity contribution >= 4 is 5.95 Å². The lowest BCUT2D eigenvalue weighted by Gasteiger charge is -2.22. The maximum atomic E-state index is 8.58. The Labute approximate surface area is 88.1 Å². The third kappa shape index (κ3) is 2.64. The molecule has 78 valence electrons. The molecule has 1 N–H and O–H groups in total. The SMILES string of the molecule is N#Cc1cnc(NC2CCCOC2)nc1. The van der Waals surface area contributed by atoms with Crippen molar-refractivity contribution in [3.8, 4) is 6.07 Å². The summed E-state index contributed by atoms with van der Waals surface area (Å²) in [7, 11) is 0. The molecule has 1 fully saturated rings. The summed E-state index contributed by atoms with van der Waals surface area (Å²) in [4.78, 5) is 8.09. The van der Waals surface area contributed by atoms with E-state index in [1.54, 1.807) is 0 Å². The Morgan fingerprint density at radius 1 is 1.47 bits per heavy atom. The molecule has 2 rings (SSSR count). The van der Waals surface area contributed by atoms with E-state index in [0.29, 0.717) is 18.1 Å². The maximum absolute atomic E-state index is 8.58. The molecule has 1 aliphatic heterocycles. The predicted octanol–water partition coefficient (Wildman–Crippen LogP) is 0.939. The molecular weight excluding hydrogens is 192 g/mol. The topological polar surface area (TPSA) is 70.8 Å². The van der Waals surface area contributed by atoms with Crippen LogP contribution in [0.4, 0.5) is 5.95 Å². The molecule has 1 atom stereocenters. The molecule has 1 aromatic heterocycles. The number of anilines is 1. The summed E-state index contributed by atoms with van der Waals surface area (Å²) < 4.78 is 5.33. The molecule has 1 aromatic rings. The van der Waals surface area contributed by atoms with Crippen LogP contribution in [0.2, 0.25) is 0 Å². The number of nitriles is 1. The summed E-state index contributed by atoms with van der Waals surface area (Å²) in [5.74, 6) is 0.560. The molecule has 2 heterocycles. The highest BCUT2D eigenvalue weighted by Gasteiger charge is 2.14. The monoisotopic (exact) mass is 204 g/mol. The van der Waals surface area contributed by atoms with Gasteiger partial charge in [-0.1, -0.05) is 0 Å². The number of rotatable bonds is 2. The summed E-state index contributed by atoms with van der Waals surface area (Å²) in [6, 6.07) is 2.26. The van der Waals surface area contributed by atoms with E-state index in [9.17, 15) is 0 Å². The molecule has 1 aliphatic rings. The van der Waals surface area contributed by atoms with Crippen LogP contribution < -0.4 is 5.32 Å². The van der Waals surface area contributed by atoms with Gasteiger partial charge in [0, 0.05) is 6.61 Å². The quantitative estimate of drug-likeness (QED) is 0.776. The van der Waals surface area contributed by atoms with Gasteiger partial charge in [0.2, 0.25) is 5.95 Å². The van der Waals surface area contributed by atoms with Crippen molar-refractivity contribution in [2.75, 3.05) is 18.5 Å². The van der Waals surface area contributed by atoms with E-state index in [-0.39, 0.29) is 6.04 Å². The van der Waals surface area contributed by atoms with E-state index in [0.717, 1.165) is 19.4 Å². The normalized spacial score (nSPS) is 20.6. The molecule has 1 unspecified atom stereocenters. The molecule has 1 saturated heterocycles. The van der Waals surface area contributed by atoms with E-state index in [1.165, 1.54) is 12.4 Å². The molecule has 0 aliphatic carbocycles. The third-order valence-electron chi connectivity index (χ3n) is 2.27. The highest BCUT2D eigenvalue weighted by Crippen LogP contribution is 2.10. The van der Waals surface area contributed by atoms with Crippen molar-refractivity contribution in [3.63, 3.8) is 0 Å². The Hall–Kier alpha value is -1.67. The third-order valence-corrected chi connectivity index (χ3v) is 2.27. The standard InChI is InChI=1S/C10H12N4O/c11-4-8-5-12-10(13-6-8)14-9-2-1-3-15-7-9/h5-6,9H,1-3,7H2,(H,12,13,14). The lowest BCUT2D eigenvalue weighted by molar-refractivity contribution is 0.0874. The van der Waals surface area contributed by atoms with Crippen molar-refractivity contribution in [1.29, 1.82) is 5.26 Å². The fourth-order valence-electron chi connectivity index (χ4n) is 1.50. The van der Waals surface area contributed by atoms with Crippen LogP contribution in [0.15, 0.2) is 12.4 Å². The van der Waals surface area contributed by atoms with Gasteiger partial charge in [0.05, 0.1) is 30.6 Å². The molecule has 15 heavy (non-hydrogen) atoms. The van der Waals surface area contributed by atoms with Crippen molar-refractivity contribution in [2.24, 2.45) is 0 Å². The van der Waals surface area contributed by atoms with Crippen molar-refractivity contribution in [2.45, 2.75) is 18.9 Å². The van der Waals surface area contributed by atoms with Crippen LogP contribution in [0, 0.1) is 11.3 Å². The summed E-state index contributed by atoms with van der Waals surface area (Å²) in [5, 5.41) is 11.8. The van der Waals surface area contributed by atoms with Gasteiger partial charge in [-0.2, -0.15) is 5.26 Å². The average Bonchev–Trinajstić information content (AvgIpc) is 2.31. The van der Waals surface area contributed by atoms with Crippen LogP contribution in [0.3, 0.4) is 0 Å². The van der Waals surface area contributed by atoms with Gasteiger partial charge in [0.1, 0.15) is 6.07 Å². The lowest BCUT2D eigenvalue weighted by Crippen LogP contribution is -2.30. The zero-order valence-corrected chi connectivity index (χ0v) is 8.31. The summed E-state index contributed by atoms with van der Waals surface area (Å²) in [6.07, 6.45) is 5.16. The van der Waals surface area contributed by atoms with Gasteiger partial charge >= 0.3 is 0 Å². The Morgan fingerprint density at radius 3 is 2.87 bits per heavy atom. The van der Waals surface area contributed by atoms with Gasteiger partial charge in [-0.3, -0.25) is 0 Å². The minimum absolute atomic E-state index is 0.284. The number of aromatic nitrogens is 2. The molecule has 0 saturated carbocycles. The Morgan fingerprint density at radius 2 is 2.27 bits per heavy atom. The van der Waals surface area contributed by atoms with Crippen LogP contribution in [-0.2, 0) is 4.74 Å². The maximum Gasteiger partial charge on any atom is 0.222 e. The van der Waals surface area contributed by atoms with Crippen LogP contribution in [-0.4, -0.2) is 29.2 Å². The van der Waals surface area contributed by atoms with Crippen LogP contribution >= 0.6 is 0 Å². The van der Waals surface area contributed by atoms with Gasteiger partial charge in [0.25, 0.3) is 0 Å². The minimum Gasteiger partial charge on any atom is -0.379 e. The summed E-state index contributed by atoms with van der Waals surface area (Å²) >= 11 is 0. The predicted molar refractivity (Wildman–Crippen MR) is 54.2 cm³/mol. The Balaban J connectivity index is 1.95. The fraction of sp³-hybridized carbons (Fsp3) is 0.500. The highest BCUT2D eigenvalue weighted by atomic mass is 16.5. The molecule has 5 nitrogen and oxygen atoms in total. The number of nitrogens with zero attached hydrogens (tertiary/aromatic N) is 3. The second kappa shape index (κ2) is 4.71. The van der Waals surface area contributed by atoms with Crippen LogP contribution in [0.25, 0.3) is 0 Å². The highest BCUT2D eigenvalue weighted by molar-refractivity contribution is 5.30. The van der Waals surface area contributed by atoms with Gasteiger partial charge < -0.3 is 10.1 Å². The zero-order valence-electron chi connectivity index (χ0n) is 8.31. The van der Waals surface area contributed by atoms with Gasteiger partial charge in [-0.25, -0.2) is 9.97 Å². The smallest absolute Gasteiger partial charge is 0.222 e. The second-order valence-electron chi connectivity index (χ2n) is 3.47. The first-order valence-corrected chi connectivity index (χ1v) is 4.95. The molecular formula is C10H12N4O. The molecule has 0 aromatic carbocycles. The largest absolute Gasteiger partial charge is 0.379 e. The van der Waals surface area contributed by atoms with Gasteiger partial charge in [0.15, 0.2) is 0 Å². The lowest BCUT2D eigenvalue weighted by atomic mass is 10.1. The summed E-state index contributed by atoms with van der Waals surface area (Å²) in [5.41, 5.74) is 0.473. The van der Waals surface area contributed by atoms with Crippen molar-refractivity contribution < 1.29 is 4.74 Å². The Bertz CT molecular complexity index is 351. The van der Waals surface area contributed by atoms with Crippen molar-refractivity contribution in [1.82, 2.24) is 9.97 Å². The molecule has 0 amide bonds. The number of hydrogen-bond donors (Lipinski definition) is 1. The number of nitrogens with one attached hydrogen (secondary N) is 1. The number of hydrogen-bond acceptors (Lipinski definition) is 5. The first-order valence-electron chi connectivity index (χ1n) is 4.95.